The van der Waals surface area contributed by atoms with Gasteiger partial charge in [-0.2, -0.15) is 0 Å². The first-order valence-corrected chi connectivity index (χ1v) is 7.26. The van der Waals surface area contributed by atoms with Gasteiger partial charge < -0.3 is 15.5 Å². The minimum atomic E-state index is 0.238. The molecular formula is C14H29N3O. The maximum absolute atomic E-state index is 11.8. The Morgan fingerprint density at radius 2 is 1.89 bits per heavy atom. The third-order valence-corrected chi connectivity index (χ3v) is 3.88. The highest BCUT2D eigenvalue weighted by Crippen LogP contribution is 2.25. The zero-order valence-electron chi connectivity index (χ0n) is 12.0. The van der Waals surface area contributed by atoms with Crippen LogP contribution in [0.3, 0.4) is 0 Å². The Morgan fingerprint density at radius 1 is 1.22 bits per heavy atom. The van der Waals surface area contributed by atoms with Gasteiger partial charge in [-0.3, -0.25) is 4.79 Å². The van der Waals surface area contributed by atoms with Crippen molar-refractivity contribution in [3.63, 3.8) is 0 Å². The molecule has 1 fully saturated rings. The summed E-state index contributed by atoms with van der Waals surface area (Å²) < 4.78 is 0. The third-order valence-electron chi connectivity index (χ3n) is 3.88. The maximum Gasteiger partial charge on any atom is 0.223 e. The molecule has 4 nitrogen and oxygen atoms in total. The lowest BCUT2D eigenvalue weighted by atomic mass is 10.1. The molecule has 4 heteroatoms. The predicted octanol–water partition coefficient (Wildman–Crippen LogP) is 1.31. The van der Waals surface area contributed by atoms with Crippen LogP contribution in [-0.4, -0.2) is 56.0 Å². The summed E-state index contributed by atoms with van der Waals surface area (Å²) in [5.41, 5.74) is 5.44. The Bertz CT molecular complexity index is 239. The Kier molecular flexibility index (Phi) is 7.28. The molecule has 1 amide bonds. The van der Waals surface area contributed by atoms with Crippen LogP contribution in [0, 0.1) is 5.92 Å². The van der Waals surface area contributed by atoms with E-state index in [9.17, 15) is 4.79 Å². The van der Waals surface area contributed by atoms with E-state index in [-0.39, 0.29) is 5.91 Å². The molecule has 0 aromatic heterocycles. The summed E-state index contributed by atoms with van der Waals surface area (Å²) in [6.07, 6.45) is 7.03. The summed E-state index contributed by atoms with van der Waals surface area (Å²) in [6.45, 7) is 3.46. The fraction of sp³-hybridized carbons (Fsp3) is 0.929. The first kappa shape index (κ1) is 15.4. The summed E-state index contributed by atoms with van der Waals surface area (Å²) in [4.78, 5) is 16.0. The molecule has 0 saturated heterocycles. The Labute approximate surface area is 111 Å². The van der Waals surface area contributed by atoms with E-state index in [4.69, 9.17) is 5.73 Å². The van der Waals surface area contributed by atoms with Crippen LogP contribution in [0.4, 0.5) is 0 Å². The first-order valence-electron chi connectivity index (χ1n) is 7.26. The van der Waals surface area contributed by atoms with Crippen LogP contribution < -0.4 is 5.73 Å². The van der Waals surface area contributed by atoms with Gasteiger partial charge in [0.05, 0.1) is 0 Å². The molecular weight excluding hydrogens is 226 g/mol. The van der Waals surface area contributed by atoms with Gasteiger partial charge in [-0.25, -0.2) is 0 Å². The summed E-state index contributed by atoms with van der Waals surface area (Å²) in [7, 11) is 4.00. The molecule has 1 saturated carbocycles. The SMILES string of the molecule is CN(CCC(=O)N(C)CCCN)CC1CCCC1. The average molecular weight is 255 g/mol. The minimum Gasteiger partial charge on any atom is -0.346 e. The van der Waals surface area contributed by atoms with Crippen molar-refractivity contribution in [3.05, 3.63) is 0 Å². The molecule has 0 atom stereocenters. The highest BCUT2D eigenvalue weighted by atomic mass is 16.2. The summed E-state index contributed by atoms with van der Waals surface area (Å²) in [6, 6.07) is 0. The lowest BCUT2D eigenvalue weighted by molar-refractivity contribution is -0.130. The van der Waals surface area contributed by atoms with Crippen molar-refractivity contribution in [1.82, 2.24) is 9.80 Å². The van der Waals surface area contributed by atoms with Crippen molar-refractivity contribution in [2.24, 2.45) is 11.7 Å². The topological polar surface area (TPSA) is 49.6 Å². The molecule has 0 aromatic rings. The molecule has 106 valence electrons. The number of carbonyl (C=O) groups is 1. The van der Waals surface area contributed by atoms with Crippen LogP contribution >= 0.6 is 0 Å². The molecule has 0 aromatic carbocycles. The van der Waals surface area contributed by atoms with Gasteiger partial charge >= 0.3 is 0 Å². The molecule has 0 aliphatic heterocycles. The molecule has 2 N–H and O–H groups in total. The zero-order chi connectivity index (χ0) is 13.4. The largest absolute Gasteiger partial charge is 0.346 e. The van der Waals surface area contributed by atoms with E-state index in [2.05, 4.69) is 11.9 Å². The number of carbonyl (C=O) groups excluding carboxylic acids is 1. The van der Waals surface area contributed by atoms with E-state index in [1.165, 1.54) is 25.7 Å². The van der Waals surface area contributed by atoms with Crippen LogP contribution in [0.2, 0.25) is 0 Å². The van der Waals surface area contributed by atoms with E-state index >= 15 is 0 Å². The standard InChI is InChI=1S/C14H29N3O/c1-16(12-13-6-3-4-7-13)11-8-14(18)17(2)10-5-9-15/h13H,3-12,15H2,1-2H3. The number of rotatable bonds is 8. The normalized spacial score (nSPS) is 16.4. The molecule has 1 aliphatic rings. The van der Waals surface area contributed by atoms with Gasteiger partial charge in [-0.15, -0.1) is 0 Å². The summed E-state index contributed by atoms with van der Waals surface area (Å²) in [5.74, 6) is 1.10. The number of nitrogens with two attached hydrogens (primary N) is 1. The van der Waals surface area contributed by atoms with Gasteiger partial charge in [0.25, 0.3) is 0 Å². The number of hydrogen-bond acceptors (Lipinski definition) is 3. The Hall–Kier alpha value is -0.610. The van der Waals surface area contributed by atoms with Crippen LogP contribution in [0.15, 0.2) is 0 Å². The molecule has 1 aliphatic carbocycles. The quantitative estimate of drug-likeness (QED) is 0.711. The van der Waals surface area contributed by atoms with Gasteiger partial charge in [0, 0.05) is 33.1 Å². The monoisotopic (exact) mass is 255 g/mol. The van der Waals surface area contributed by atoms with Crippen molar-refractivity contribution in [2.75, 3.05) is 40.3 Å². The highest BCUT2D eigenvalue weighted by molar-refractivity contribution is 5.76. The second-order valence-electron chi connectivity index (χ2n) is 5.62. The van der Waals surface area contributed by atoms with Crippen molar-refractivity contribution >= 4 is 5.91 Å². The Morgan fingerprint density at radius 3 is 2.50 bits per heavy atom. The van der Waals surface area contributed by atoms with E-state index in [0.29, 0.717) is 13.0 Å². The number of hydrogen-bond donors (Lipinski definition) is 1. The molecule has 0 heterocycles. The Balaban J connectivity index is 2.12. The average Bonchev–Trinajstić information content (AvgIpc) is 2.85. The lowest BCUT2D eigenvalue weighted by Crippen LogP contribution is -2.33. The van der Waals surface area contributed by atoms with Gasteiger partial charge in [0.2, 0.25) is 5.91 Å². The van der Waals surface area contributed by atoms with Crippen LogP contribution in [0.25, 0.3) is 0 Å². The van der Waals surface area contributed by atoms with Crippen molar-refractivity contribution in [2.45, 2.75) is 38.5 Å². The minimum absolute atomic E-state index is 0.238. The smallest absolute Gasteiger partial charge is 0.223 e. The first-order chi connectivity index (χ1) is 8.63. The second kappa shape index (κ2) is 8.48. The van der Waals surface area contributed by atoms with Gasteiger partial charge in [-0.05, 0) is 38.8 Å². The molecule has 0 spiro atoms. The van der Waals surface area contributed by atoms with Crippen molar-refractivity contribution in [1.29, 1.82) is 0 Å². The lowest BCUT2D eigenvalue weighted by Gasteiger charge is -2.22. The van der Waals surface area contributed by atoms with Gasteiger partial charge in [-0.1, -0.05) is 12.8 Å². The second-order valence-corrected chi connectivity index (χ2v) is 5.62. The summed E-state index contributed by atoms with van der Waals surface area (Å²) >= 11 is 0. The summed E-state index contributed by atoms with van der Waals surface area (Å²) in [5, 5.41) is 0. The predicted molar refractivity (Wildman–Crippen MR) is 75.4 cm³/mol. The maximum atomic E-state index is 11.8. The van der Waals surface area contributed by atoms with E-state index < -0.39 is 0 Å². The fourth-order valence-corrected chi connectivity index (χ4v) is 2.66. The van der Waals surface area contributed by atoms with Crippen LogP contribution in [0.5, 0.6) is 0 Å². The highest BCUT2D eigenvalue weighted by Gasteiger charge is 2.17. The molecule has 0 radical (unpaired) electrons. The third kappa shape index (κ3) is 5.83. The number of amides is 1. The molecule has 0 unspecified atom stereocenters. The van der Waals surface area contributed by atoms with Gasteiger partial charge in [0.15, 0.2) is 0 Å². The number of nitrogens with zero attached hydrogens (tertiary/aromatic N) is 2. The molecule has 0 bridgehead atoms. The van der Waals surface area contributed by atoms with Crippen LogP contribution in [-0.2, 0) is 4.79 Å². The van der Waals surface area contributed by atoms with Crippen molar-refractivity contribution < 1.29 is 4.79 Å². The van der Waals surface area contributed by atoms with E-state index in [0.717, 1.165) is 32.0 Å². The molecule has 1 rings (SSSR count). The zero-order valence-corrected chi connectivity index (χ0v) is 12.0. The van der Waals surface area contributed by atoms with E-state index in [1.54, 1.807) is 4.90 Å². The fourth-order valence-electron chi connectivity index (χ4n) is 2.66. The van der Waals surface area contributed by atoms with Gasteiger partial charge in [0.1, 0.15) is 0 Å². The van der Waals surface area contributed by atoms with Crippen LogP contribution in [0.1, 0.15) is 38.5 Å². The van der Waals surface area contributed by atoms with Crippen molar-refractivity contribution in [3.8, 4) is 0 Å². The van der Waals surface area contributed by atoms with E-state index in [1.807, 2.05) is 7.05 Å². The molecule has 18 heavy (non-hydrogen) atoms.